The first-order valence-electron chi connectivity index (χ1n) is 6.08. The molecular formula is C13H20N2O3. The zero-order chi connectivity index (χ0) is 13.5. The number of carbonyl (C=O) groups excluding carboxylic acids is 2. The molecule has 0 spiro atoms. The van der Waals surface area contributed by atoms with E-state index in [0.717, 1.165) is 5.76 Å². The summed E-state index contributed by atoms with van der Waals surface area (Å²) in [5.41, 5.74) is 0. The van der Waals surface area contributed by atoms with Crippen molar-refractivity contribution >= 4 is 11.8 Å². The van der Waals surface area contributed by atoms with Gasteiger partial charge in [0.25, 0.3) is 0 Å². The molecule has 1 aromatic heterocycles. The highest BCUT2D eigenvalue weighted by atomic mass is 16.3. The van der Waals surface area contributed by atoms with Crippen LogP contribution >= 0.6 is 0 Å². The van der Waals surface area contributed by atoms with E-state index in [0.29, 0.717) is 13.0 Å². The van der Waals surface area contributed by atoms with Crippen LogP contribution in [0.4, 0.5) is 0 Å². The molecule has 100 valence electrons. The van der Waals surface area contributed by atoms with Crippen LogP contribution in [-0.2, 0) is 16.0 Å². The molecule has 2 N–H and O–H groups in total. The molecule has 0 aromatic carbocycles. The van der Waals surface area contributed by atoms with Gasteiger partial charge in [0.1, 0.15) is 11.8 Å². The van der Waals surface area contributed by atoms with Gasteiger partial charge in [-0.2, -0.15) is 0 Å². The third-order valence-electron chi connectivity index (χ3n) is 2.56. The van der Waals surface area contributed by atoms with E-state index >= 15 is 0 Å². The molecule has 1 rings (SSSR count). The minimum absolute atomic E-state index is 0.0533. The molecule has 5 nitrogen and oxygen atoms in total. The highest BCUT2D eigenvalue weighted by molar-refractivity contribution is 5.86. The van der Waals surface area contributed by atoms with Crippen LogP contribution in [0.15, 0.2) is 22.8 Å². The second-order valence-corrected chi connectivity index (χ2v) is 4.54. The summed E-state index contributed by atoms with van der Waals surface area (Å²) in [6.07, 6.45) is 2.25. The van der Waals surface area contributed by atoms with E-state index in [1.54, 1.807) is 6.26 Å². The number of furan rings is 1. The standard InChI is InChI=1S/C13H20N2O3/c1-9(2)12(15-10(3)16)13(17)14-7-6-11-5-4-8-18-11/h4-5,8-9,12H,6-7H2,1-3H3,(H,14,17)(H,15,16). The smallest absolute Gasteiger partial charge is 0.242 e. The lowest BCUT2D eigenvalue weighted by Crippen LogP contribution is -2.49. The van der Waals surface area contributed by atoms with Gasteiger partial charge in [0.15, 0.2) is 0 Å². The lowest BCUT2D eigenvalue weighted by atomic mass is 10.0. The molecule has 5 heteroatoms. The summed E-state index contributed by atoms with van der Waals surface area (Å²) in [5, 5.41) is 5.44. The largest absolute Gasteiger partial charge is 0.469 e. The Balaban J connectivity index is 2.39. The van der Waals surface area contributed by atoms with E-state index in [1.165, 1.54) is 6.92 Å². The van der Waals surface area contributed by atoms with Crippen LogP contribution in [0, 0.1) is 5.92 Å². The SMILES string of the molecule is CC(=O)NC(C(=O)NCCc1ccco1)C(C)C. The van der Waals surface area contributed by atoms with Crippen molar-refractivity contribution in [2.45, 2.75) is 33.2 Å². The quantitative estimate of drug-likeness (QED) is 0.796. The Bertz CT molecular complexity index is 385. The first-order chi connectivity index (χ1) is 8.50. The molecule has 1 unspecified atom stereocenters. The zero-order valence-corrected chi connectivity index (χ0v) is 11.0. The second kappa shape index (κ2) is 6.83. The number of hydrogen-bond donors (Lipinski definition) is 2. The third-order valence-corrected chi connectivity index (χ3v) is 2.56. The first kappa shape index (κ1) is 14.3. The molecule has 0 aliphatic heterocycles. The predicted molar refractivity (Wildman–Crippen MR) is 67.9 cm³/mol. The number of nitrogens with one attached hydrogen (secondary N) is 2. The lowest BCUT2D eigenvalue weighted by Gasteiger charge is -2.20. The van der Waals surface area contributed by atoms with Crippen molar-refractivity contribution in [1.29, 1.82) is 0 Å². The van der Waals surface area contributed by atoms with Gasteiger partial charge < -0.3 is 15.1 Å². The molecule has 0 bridgehead atoms. The minimum atomic E-state index is -0.487. The molecule has 0 radical (unpaired) electrons. The van der Waals surface area contributed by atoms with Crippen molar-refractivity contribution in [1.82, 2.24) is 10.6 Å². The van der Waals surface area contributed by atoms with Gasteiger partial charge in [-0.3, -0.25) is 9.59 Å². The topological polar surface area (TPSA) is 71.3 Å². The number of carbonyl (C=O) groups is 2. The Morgan fingerprint density at radius 1 is 1.39 bits per heavy atom. The molecule has 0 aliphatic carbocycles. The van der Waals surface area contributed by atoms with Crippen molar-refractivity contribution in [3.63, 3.8) is 0 Å². The van der Waals surface area contributed by atoms with Crippen LogP contribution < -0.4 is 10.6 Å². The monoisotopic (exact) mass is 252 g/mol. The molecule has 2 amide bonds. The molecule has 1 heterocycles. The highest BCUT2D eigenvalue weighted by Gasteiger charge is 2.22. The van der Waals surface area contributed by atoms with Crippen molar-refractivity contribution in [3.8, 4) is 0 Å². The summed E-state index contributed by atoms with van der Waals surface area (Å²) in [5.74, 6) is 0.523. The van der Waals surface area contributed by atoms with E-state index < -0.39 is 6.04 Å². The fourth-order valence-electron chi connectivity index (χ4n) is 1.63. The Morgan fingerprint density at radius 3 is 2.61 bits per heavy atom. The van der Waals surface area contributed by atoms with Gasteiger partial charge in [-0.05, 0) is 18.1 Å². The Morgan fingerprint density at radius 2 is 2.11 bits per heavy atom. The molecule has 0 saturated heterocycles. The van der Waals surface area contributed by atoms with Crippen LogP contribution in [0.3, 0.4) is 0 Å². The maximum absolute atomic E-state index is 11.9. The maximum atomic E-state index is 11.9. The van der Waals surface area contributed by atoms with Crippen molar-refractivity contribution < 1.29 is 14.0 Å². The van der Waals surface area contributed by atoms with E-state index in [4.69, 9.17) is 4.42 Å². The van der Waals surface area contributed by atoms with Gasteiger partial charge in [0, 0.05) is 19.9 Å². The van der Waals surface area contributed by atoms with Crippen LogP contribution in [0.5, 0.6) is 0 Å². The van der Waals surface area contributed by atoms with Crippen molar-refractivity contribution in [2.24, 2.45) is 5.92 Å². The zero-order valence-electron chi connectivity index (χ0n) is 11.0. The van der Waals surface area contributed by atoms with E-state index in [1.807, 2.05) is 26.0 Å². The second-order valence-electron chi connectivity index (χ2n) is 4.54. The predicted octanol–water partition coefficient (Wildman–Crippen LogP) is 1.10. The summed E-state index contributed by atoms with van der Waals surface area (Å²) in [6, 6.07) is 3.18. The minimum Gasteiger partial charge on any atom is -0.469 e. The maximum Gasteiger partial charge on any atom is 0.242 e. The summed E-state index contributed by atoms with van der Waals surface area (Å²) in [6.45, 7) is 5.69. The lowest BCUT2D eigenvalue weighted by molar-refractivity contribution is -0.129. The molecule has 0 fully saturated rings. The Kier molecular flexibility index (Phi) is 5.42. The van der Waals surface area contributed by atoms with E-state index in [-0.39, 0.29) is 17.7 Å². The molecule has 1 atom stereocenters. The summed E-state index contributed by atoms with van der Waals surface area (Å²) < 4.78 is 5.17. The molecule has 18 heavy (non-hydrogen) atoms. The van der Waals surface area contributed by atoms with Gasteiger partial charge in [-0.15, -0.1) is 0 Å². The van der Waals surface area contributed by atoms with Gasteiger partial charge in [0.05, 0.1) is 6.26 Å². The summed E-state index contributed by atoms with van der Waals surface area (Å²) in [4.78, 5) is 22.9. The molecule has 0 saturated carbocycles. The summed E-state index contributed by atoms with van der Waals surface area (Å²) >= 11 is 0. The van der Waals surface area contributed by atoms with Crippen molar-refractivity contribution in [3.05, 3.63) is 24.2 Å². The van der Waals surface area contributed by atoms with Crippen LogP contribution in [0.1, 0.15) is 26.5 Å². The summed E-state index contributed by atoms with van der Waals surface area (Å²) in [7, 11) is 0. The molecular weight excluding hydrogens is 232 g/mol. The van der Waals surface area contributed by atoms with E-state index in [2.05, 4.69) is 10.6 Å². The highest BCUT2D eigenvalue weighted by Crippen LogP contribution is 2.03. The number of rotatable bonds is 6. The van der Waals surface area contributed by atoms with Gasteiger partial charge in [-0.1, -0.05) is 13.8 Å². The average molecular weight is 252 g/mol. The Labute approximate surface area is 107 Å². The fourth-order valence-corrected chi connectivity index (χ4v) is 1.63. The molecule has 1 aromatic rings. The number of amides is 2. The average Bonchev–Trinajstić information content (AvgIpc) is 2.78. The first-order valence-corrected chi connectivity index (χ1v) is 6.08. The third kappa shape index (κ3) is 4.61. The Hall–Kier alpha value is -1.78. The van der Waals surface area contributed by atoms with Gasteiger partial charge in [-0.25, -0.2) is 0 Å². The van der Waals surface area contributed by atoms with Crippen LogP contribution in [0.25, 0.3) is 0 Å². The molecule has 0 aliphatic rings. The van der Waals surface area contributed by atoms with Gasteiger partial charge in [0.2, 0.25) is 11.8 Å². The van der Waals surface area contributed by atoms with Crippen LogP contribution in [-0.4, -0.2) is 24.4 Å². The number of hydrogen-bond acceptors (Lipinski definition) is 3. The van der Waals surface area contributed by atoms with Gasteiger partial charge >= 0.3 is 0 Å². The van der Waals surface area contributed by atoms with Crippen LogP contribution in [0.2, 0.25) is 0 Å². The fraction of sp³-hybridized carbons (Fsp3) is 0.538. The normalized spacial score (nSPS) is 12.2. The van der Waals surface area contributed by atoms with Crippen molar-refractivity contribution in [2.75, 3.05) is 6.54 Å². The van der Waals surface area contributed by atoms with E-state index in [9.17, 15) is 9.59 Å².